The van der Waals surface area contributed by atoms with E-state index in [2.05, 4.69) is 16.7 Å². The van der Waals surface area contributed by atoms with Crippen molar-refractivity contribution < 1.29 is 23.1 Å². The van der Waals surface area contributed by atoms with Gasteiger partial charge in [0.1, 0.15) is 11.1 Å². The molecule has 5 heterocycles. The van der Waals surface area contributed by atoms with Gasteiger partial charge in [0.25, 0.3) is 15.6 Å². The lowest BCUT2D eigenvalue weighted by Crippen LogP contribution is -2.61. The molecule has 0 bridgehead atoms. The summed E-state index contributed by atoms with van der Waals surface area (Å²) in [5.74, 6) is 0.585. The van der Waals surface area contributed by atoms with Crippen LogP contribution in [0.2, 0.25) is 0 Å². The molecule has 1 saturated carbocycles. The van der Waals surface area contributed by atoms with Crippen LogP contribution in [-0.2, 0) is 27.4 Å². The van der Waals surface area contributed by atoms with Gasteiger partial charge in [0, 0.05) is 86.6 Å². The number of rotatable bonds is 10. The molecule has 1 amide bonds. The summed E-state index contributed by atoms with van der Waals surface area (Å²) in [5.41, 5.74) is 9.91. The van der Waals surface area contributed by atoms with Crippen LogP contribution in [0.25, 0.3) is 32.9 Å². The van der Waals surface area contributed by atoms with Crippen molar-refractivity contribution in [3.05, 3.63) is 118 Å². The van der Waals surface area contributed by atoms with Crippen LogP contribution in [0.4, 0.5) is 10.7 Å². The van der Waals surface area contributed by atoms with E-state index in [1.165, 1.54) is 10.8 Å². The summed E-state index contributed by atoms with van der Waals surface area (Å²) >= 11 is 0. The molecule has 3 aromatic heterocycles. The van der Waals surface area contributed by atoms with E-state index in [4.69, 9.17) is 20.4 Å². The van der Waals surface area contributed by atoms with E-state index < -0.39 is 27.3 Å². The number of anilines is 1. The molecule has 0 spiro atoms. The van der Waals surface area contributed by atoms with E-state index in [0.717, 1.165) is 64.8 Å². The van der Waals surface area contributed by atoms with Crippen LogP contribution in [-0.4, -0.2) is 105 Å². The molecule has 3 N–H and O–H groups in total. The van der Waals surface area contributed by atoms with E-state index >= 15 is 0 Å². The van der Waals surface area contributed by atoms with Crippen LogP contribution in [0.5, 0.6) is 0 Å². The van der Waals surface area contributed by atoms with Crippen molar-refractivity contribution >= 4 is 43.9 Å². The molecule has 9 rings (SSSR count). The number of ether oxygens (including phenoxy) is 1. The third-order valence-electron chi connectivity index (χ3n) is 12.9. The maximum Gasteiger partial charge on any atom is 0.407 e. The highest BCUT2D eigenvalue weighted by atomic mass is 32.2. The Kier molecular flexibility index (Phi) is 10.5. The molecule has 318 valence electrons. The number of pyridine rings is 1. The summed E-state index contributed by atoms with van der Waals surface area (Å²) in [6, 6.07) is 24.5. The Hall–Kier alpha value is -5.61. The SMILES string of the molecule is Cc1ccc(S(=O)(=O)n2ccc3c(-c4ccc5nc(N6CCC(N7C[C@@H](C)N(C(=O)O)C[C@@H]7C)CC6)nc(C(CN)(OC6CC6)c6ccccc6)c5c4)cn(C)c(=O)c32)cc1. The summed E-state index contributed by atoms with van der Waals surface area (Å²) in [5, 5.41) is 11.0. The number of aryl methyl sites for hydroxylation is 2. The second kappa shape index (κ2) is 15.7. The van der Waals surface area contributed by atoms with Crippen molar-refractivity contribution in [2.24, 2.45) is 12.8 Å². The number of carbonyl (C=O) groups is 1. The molecular weight excluding hydrogens is 793 g/mol. The minimum absolute atomic E-state index is 0.0145. The van der Waals surface area contributed by atoms with Crippen LogP contribution in [0.3, 0.4) is 0 Å². The molecule has 2 saturated heterocycles. The van der Waals surface area contributed by atoms with Crippen LogP contribution >= 0.6 is 0 Å². The normalized spacial score (nSPS) is 20.3. The highest BCUT2D eigenvalue weighted by molar-refractivity contribution is 7.90. The molecule has 61 heavy (non-hydrogen) atoms. The Morgan fingerprint density at radius 3 is 2.31 bits per heavy atom. The minimum atomic E-state index is -4.09. The number of benzene rings is 3. The lowest BCUT2D eigenvalue weighted by Gasteiger charge is -2.48. The number of piperazine rings is 1. The molecule has 1 unspecified atom stereocenters. The number of carboxylic acid groups (broad SMARTS) is 1. The predicted molar refractivity (Wildman–Crippen MR) is 235 cm³/mol. The summed E-state index contributed by atoms with van der Waals surface area (Å²) in [6.07, 6.45) is 5.92. The Balaban J connectivity index is 1.15. The first-order valence-corrected chi connectivity index (χ1v) is 22.5. The molecule has 2 aliphatic heterocycles. The van der Waals surface area contributed by atoms with E-state index in [9.17, 15) is 23.1 Å². The molecule has 3 fully saturated rings. The van der Waals surface area contributed by atoms with Crippen molar-refractivity contribution in [2.45, 2.75) is 81.2 Å². The molecular formula is C46H52N8O6S. The fraction of sp³-hybridized carbons (Fsp3) is 0.391. The van der Waals surface area contributed by atoms with Gasteiger partial charge in [-0.1, -0.05) is 54.1 Å². The van der Waals surface area contributed by atoms with Crippen molar-refractivity contribution in [3.8, 4) is 11.1 Å². The van der Waals surface area contributed by atoms with Gasteiger partial charge in [0.15, 0.2) is 0 Å². The highest BCUT2D eigenvalue weighted by Gasteiger charge is 2.44. The van der Waals surface area contributed by atoms with Gasteiger partial charge < -0.3 is 29.9 Å². The highest BCUT2D eigenvalue weighted by Crippen LogP contribution is 2.43. The third-order valence-corrected chi connectivity index (χ3v) is 14.5. The van der Waals surface area contributed by atoms with Crippen LogP contribution in [0.15, 0.2) is 101 Å². The maximum atomic E-state index is 14.0. The zero-order chi connectivity index (χ0) is 42.8. The fourth-order valence-corrected chi connectivity index (χ4v) is 10.7. The molecule has 14 nitrogen and oxygen atoms in total. The summed E-state index contributed by atoms with van der Waals surface area (Å²) in [6.45, 7) is 8.72. The van der Waals surface area contributed by atoms with Gasteiger partial charge >= 0.3 is 6.09 Å². The second-order valence-corrected chi connectivity index (χ2v) is 18.8. The van der Waals surface area contributed by atoms with Gasteiger partial charge in [-0.2, -0.15) is 0 Å². The van der Waals surface area contributed by atoms with Gasteiger partial charge in [0.05, 0.1) is 22.2 Å². The molecule has 3 aromatic carbocycles. The predicted octanol–water partition coefficient (Wildman–Crippen LogP) is 5.92. The maximum absolute atomic E-state index is 14.0. The lowest BCUT2D eigenvalue weighted by molar-refractivity contribution is -0.0258. The van der Waals surface area contributed by atoms with Gasteiger partial charge in [-0.3, -0.25) is 9.69 Å². The first-order chi connectivity index (χ1) is 29.3. The zero-order valence-electron chi connectivity index (χ0n) is 34.9. The first-order valence-electron chi connectivity index (χ1n) is 21.1. The zero-order valence-corrected chi connectivity index (χ0v) is 35.8. The monoisotopic (exact) mass is 844 g/mol. The van der Waals surface area contributed by atoms with Crippen LogP contribution in [0, 0.1) is 6.92 Å². The number of aromatic nitrogens is 4. The Labute approximate surface area is 355 Å². The van der Waals surface area contributed by atoms with Crippen molar-refractivity contribution in [1.29, 1.82) is 0 Å². The Morgan fingerprint density at radius 2 is 1.64 bits per heavy atom. The average molecular weight is 845 g/mol. The van der Waals surface area contributed by atoms with Crippen LogP contribution in [0.1, 0.15) is 56.4 Å². The number of nitrogens with zero attached hydrogens (tertiary/aromatic N) is 7. The topological polar surface area (TPSA) is 169 Å². The summed E-state index contributed by atoms with van der Waals surface area (Å²) in [7, 11) is -2.46. The number of fused-ring (bicyclic) bond motifs is 2. The van der Waals surface area contributed by atoms with Gasteiger partial charge in [0.2, 0.25) is 5.95 Å². The third kappa shape index (κ3) is 7.26. The van der Waals surface area contributed by atoms with Gasteiger partial charge in [-0.15, -0.1) is 0 Å². The number of piperidine rings is 1. The van der Waals surface area contributed by atoms with Crippen molar-refractivity contribution in [1.82, 2.24) is 28.3 Å². The molecule has 1 aliphatic carbocycles. The fourth-order valence-electron chi connectivity index (χ4n) is 9.34. The van der Waals surface area contributed by atoms with Crippen LogP contribution < -0.4 is 16.2 Å². The molecule has 0 radical (unpaired) electrons. The number of nitrogens with two attached hydrogens (primary N) is 1. The van der Waals surface area contributed by atoms with Crippen molar-refractivity contribution in [2.75, 3.05) is 37.6 Å². The van der Waals surface area contributed by atoms with Gasteiger partial charge in [-0.25, -0.2) is 27.2 Å². The molecule has 6 aromatic rings. The first kappa shape index (κ1) is 40.8. The Morgan fingerprint density at radius 1 is 0.918 bits per heavy atom. The molecule has 15 heteroatoms. The summed E-state index contributed by atoms with van der Waals surface area (Å²) in [4.78, 5) is 42.6. The van der Waals surface area contributed by atoms with Gasteiger partial charge in [-0.05, 0) is 87.9 Å². The number of amides is 1. The smallest absolute Gasteiger partial charge is 0.407 e. The second-order valence-electron chi connectivity index (χ2n) is 17.0. The standard InChI is InChI=1S/C46H52N8O6S/c1-29-10-15-36(16-11-29)61(58,59)54-23-20-37-39(27-50(4)43(55)41(37)54)32-12-17-40-38(24-32)42(46(28-47,60-35-13-14-35)33-8-6-5-7-9-33)49-44(48-40)51-21-18-34(19-22-51)52-25-31(3)53(45(56)57)26-30(52)2/h5-12,15-17,20,23-24,27,30-31,34-35H,13-14,18-19,21-22,25-26,28,47H2,1-4H3,(H,56,57)/t30-,31+,46?/m0/s1. The summed E-state index contributed by atoms with van der Waals surface area (Å²) < 4.78 is 37.5. The quantitative estimate of drug-likeness (QED) is 0.168. The Bertz CT molecular complexity index is 2800. The molecule has 3 atom stereocenters. The van der Waals surface area contributed by atoms with E-state index in [0.29, 0.717) is 47.2 Å². The minimum Gasteiger partial charge on any atom is -0.465 e. The lowest BCUT2D eigenvalue weighted by atomic mass is 9.86. The van der Waals surface area contributed by atoms with Crippen molar-refractivity contribution in [3.63, 3.8) is 0 Å². The number of hydrogen-bond donors (Lipinski definition) is 2. The number of hydrogen-bond acceptors (Lipinski definition) is 10. The van der Waals surface area contributed by atoms with E-state index in [1.54, 1.807) is 48.5 Å². The average Bonchev–Trinajstić information content (AvgIpc) is 3.97. The largest absolute Gasteiger partial charge is 0.465 e. The van der Waals surface area contributed by atoms with E-state index in [1.807, 2.05) is 62.4 Å². The van der Waals surface area contributed by atoms with E-state index in [-0.39, 0.29) is 35.1 Å². The molecule has 3 aliphatic rings.